The van der Waals surface area contributed by atoms with Crippen LogP contribution in [0.15, 0.2) is 23.1 Å². The van der Waals surface area contributed by atoms with Gasteiger partial charge in [0.1, 0.15) is 5.82 Å². The number of benzene rings is 1. The smallest absolute Gasteiger partial charge is 0.233 e. The van der Waals surface area contributed by atoms with Crippen LogP contribution in [0.25, 0.3) is 0 Å². The Labute approximate surface area is 122 Å². The van der Waals surface area contributed by atoms with Crippen LogP contribution in [-0.4, -0.2) is 17.2 Å². The minimum Gasteiger partial charge on any atom is -0.352 e. The van der Waals surface area contributed by atoms with E-state index in [9.17, 15) is 9.18 Å². The third-order valence-electron chi connectivity index (χ3n) is 3.27. The summed E-state index contributed by atoms with van der Waals surface area (Å²) in [7, 11) is 0. The van der Waals surface area contributed by atoms with E-state index in [0.29, 0.717) is 6.04 Å². The van der Waals surface area contributed by atoms with Gasteiger partial charge in [0.15, 0.2) is 0 Å². The number of amides is 1. The maximum absolute atomic E-state index is 13.0. The molecule has 0 saturated heterocycles. The first-order valence-corrected chi connectivity index (χ1v) is 7.74. The highest BCUT2D eigenvalue weighted by Crippen LogP contribution is 2.28. The van der Waals surface area contributed by atoms with Gasteiger partial charge >= 0.3 is 0 Å². The molecule has 0 bridgehead atoms. The molecule has 0 aliphatic heterocycles. The standard InChI is InChI=1S/C14H17ClFNOS/c1-9(14(18)17-10-4-2-3-5-10)19-11-6-7-13(16)12(15)8-11/h6-10H,2-5H2,1H3,(H,17,18)/t9-/m1/s1. The summed E-state index contributed by atoms with van der Waals surface area (Å²) in [6, 6.07) is 4.85. The molecule has 1 N–H and O–H groups in total. The molecule has 0 heterocycles. The second-order valence-electron chi connectivity index (χ2n) is 4.83. The van der Waals surface area contributed by atoms with Gasteiger partial charge in [0.2, 0.25) is 5.91 Å². The molecule has 1 aliphatic rings. The predicted octanol–water partition coefficient (Wildman–Crippen LogP) is 4.02. The summed E-state index contributed by atoms with van der Waals surface area (Å²) in [5, 5.41) is 2.94. The summed E-state index contributed by atoms with van der Waals surface area (Å²) < 4.78 is 13.0. The van der Waals surface area contributed by atoms with E-state index in [1.807, 2.05) is 6.92 Å². The monoisotopic (exact) mass is 301 g/mol. The van der Waals surface area contributed by atoms with Crippen LogP contribution in [0.4, 0.5) is 4.39 Å². The van der Waals surface area contributed by atoms with Gasteiger partial charge in [-0.15, -0.1) is 11.8 Å². The van der Waals surface area contributed by atoms with Crippen LogP contribution in [0.5, 0.6) is 0 Å². The Kier molecular flexibility index (Phi) is 5.11. The molecule has 1 fully saturated rings. The van der Waals surface area contributed by atoms with E-state index in [2.05, 4.69) is 5.32 Å². The van der Waals surface area contributed by atoms with Crippen molar-refractivity contribution in [3.8, 4) is 0 Å². The Hall–Kier alpha value is -0.740. The first-order valence-electron chi connectivity index (χ1n) is 6.48. The average molecular weight is 302 g/mol. The lowest BCUT2D eigenvalue weighted by atomic mass is 10.2. The zero-order chi connectivity index (χ0) is 13.8. The molecule has 1 saturated carbocycles. The summed E-state index contributed by atoms with van der Waals surface area (Å²) in [5.41, 5.74) is 0. The van der Waals surface area contributed by atoms with Crippen LogP contribution in [0.3, 0.4) is 0 Å². The van der Waals surface area contributed by atoms with Crippen molar-refractivity contribution in [2.45, 2.75) is 48.8 Å². The Balaban J connectivity index is 1.90. The van der Waals surface area contributed by atoms with Gasteiger partial charge in [-0.25, -0.2) is 4.39 Å². The maximum atomic E-state index is 13.0. The molecule has 19 heavy (non-hydrogen) atoms. The second-order valence-corrected chi connectivity index (χ2v) is 6.65. The van der Waals surface area contributed by atoms with Crippen LogP contribution in [0, 0.1) is 5.82 Å². The molecule has 1 atom stereocenters. The lowest BCUT2D eigenvalue weighted by molar-refractivity contribution is -0.120. The largest absolute Gasteiger partial charge is 0.352 e. The number of hydrogen-bond donors (Lipinski definition) is 1. The molecule has 0 radical (unpaired) electrons. The van der Waals surface area contributed by atoms with Crippen molar-refractivity contribution in [3.05, 3.63) is 29.0 Å². The van der Waals surface area contributed by atoms with Crippen molar-refractivity contribution >= 4 is 29.3 Å². The van der Waals surface area contributed by atoms with Gasteiger partial charge in [0.25, 0.3) is 0 Å². The summed E-state index contributed by atoms with van der Waals surface area (Å²) in [6.45, 7) is 1.85. The van der Waals surface area contributed by atoms with Crippen molar-refractivity contribution in [2.24, 2.45) is 0 Å². The number of hydrogen-bond acceptors (Lipinski definition) is 2. The molecular weight excluding hydrogens is 285 g/mol. The van der Waals surface area contributed by atoms with E-state index >= 15 is 0 Å². The minimum absolute atomic E-state index is 0.0392. The summed E-state index contributed by atoms with van der Waals surface area (Å²) in [6.07, 6.45) is 4.54. The van der Waals surface area contributed by atoms with Crippen molar-refractivity contribution in [3.63, 3.8) is 0 Å². The first kappa shape index (κ1) is 14.7. The molecule has 1 amide bonds. The van der Waals surface area contributed by atoms with Crippen molar-refractivity contribution in [2.75, 3.05) is 0 Å². The fourth-order valence-electron chi connectivity index (χ4n) is 2.20. The Morgan fingerprint density at radius 3 is 2.79 bits per heavy atom. The number of rotatable bonds is 4. The van der Waals surface area contributed by atoms with E-state index in [1.165, 1.54) is 30.7 Å². The van der Waals surface area contributed by atoms with E-state index in [1.54, 1.807) is 12.1 Å². The molecule has 1 aliphatic carbocycles. The third-order valence-corrected chi connectivity index (χ3v) is 4.66. The second kappa shape index (κ2) is 6.62. The molecule has 0 unspecified atom stereocenters. The SMILES string of the molecule is C[C@@H](Sc1ccc(F)c(Cl)c1)C(=O)NC1CCCC1. The van der Waals surface area contributed by atoms with Crippen LogP contribution < -0.4 is 5.32 Å². The molecular formula is C14H17ClFNOS. The van der Waals surface area contributed by atoms with Crippen LogP contribution >= 0.6 is 23.4 Å². The topological polar surface area (TPSA) is 29.1 Å². The maximum Gasteiger partial charge on any atom is 0.233 e. The van der Waals surface area contributed by atoms with Crippen molar-refractivity contribution in [1.82, 2.24) is 5.32 Å². The van der Waals surface area contributed by atoms with Gasteiger partial charge < -0.3 is 5.32 Å². The summed E-state index contributed by atoms with van der Waals surface area (Å²) in [4.78, 5) is 12.8. The van der Waals surface area contributed by atoms with Gasteiger partial charge in [0.05, 0.1) is 10.3 Å². The lowest BCUT2D eigenvalue weighted by Gasteiger charge is -2.16. The predicted molar refractivity (Wildman–Crippen MR) is 77.1 cm³/mol. The van der Waals surface area contributed by atoms with Gasteiger partial charge in [-0.3, -0.25) is 4.79 Å². The fraction of sp³-hybridized carbons (Fsp3) is 0.500. The van der Waals surface area contributed by atoms with E-state index in [-0.39, 0.29) is 16.2 Å². The molecule has 104 valence electrons. The number of carbonyl (C=O) groups is 1. The number of halogens is 2. The van der Waals surface area contributed by atoms with Gasteiger partial charge in [-0.2, -0.15) is 0 Å². The quantitative estimate of drug-likeness (QED) is 0.851. The molecule has 5 heteroatoms. The molecule has 0 aromatic heterocycles. The Bertz CT molecular complexity index is 463. The minimum atomic E-state index is -0.436. The van der Waals surface area contributed by atoms with Crippen LogP contribution in [0.2, 0.25) is 5.02 Å². The Morgan fingerprint density at radius 1 is 1.47 bits per heavy atom. The first-order chi connectivity index (χ1) is 9.06. The highest BCUT2D eigenvalue weighted by atomic mass is 35.5. The summed E-state index contributed by atoms with van der Waals surface area (Å²) in [5.74, 6) is -0.397. The normalized spacial score (nSPS) is 17.4. The van der Waals surface area contributed by atoms with Gasteiger partial charge in [-0.1, -0.05) is 24.4 Å². The molecule has 1 aromatic rings. The van der Waals surface area contributed by atoms with E-state index < -0.39 is 5.82 Å². The summed E-state index contributed by atoms with van der Waals surface area (Å²) >= 11 is 7.12. The fourth-order valence-corrected chi connectivity index (χ4v) is 3.36. The highest BCUT2D eigenvalue weighted by Gasteiger charge is 2.21. The molecule has 2 nitrogen and oxygen atoms in total. The zero-order valence-electron chi connectivity index (χ0n) is 10.8. The van der Waals surface area contributed by atoms with E-state index in [4.69, 9.17) is 11.6 Å². The molecule has 2 rings (SSSR count). The van der Waals surface area contributed by atoms with Crippen molar-refractivity contribution in [1.29, 1.82) is 0 Å². The third kappa shape index (κ3) is 4.11. The zero-order valence-corrected chi connectivity index (χ0v) is 12.4. The number of thioether (sulfide) groups is 1. The average Bonchev–Trinajstić information content (AvgIpc) is 2.86. The lowest BCUT2D eigenvalue weighted by Crippen LogP contribution is -2.37. The van der Waals surface area contributed by atoms with Gasteiger partial charge in [-0.05, 0) is 38.0 Å². The Morgan fingerprint density at radius 2 is 2.16 bits per heavy atom. The van der Waals surface area contributed by atoms with Crippen LogP contribution in [-0.2, 0) is 4.79 Å². The van der Waals surface area contributed by atoms with E-state index in [0.717, 1.165) is 17.7 Å². The molecule has 0 spiro atoms. The highest BCUT2D eigenvalue weighted by molar-refractivity contribution is 8.00. The number of nitrogens with one attached hydrogen (secondary N) is 1. The van der Waals surface area contributed by atoms with Crippen molar-refractivity contribution < 1.29 is 9.18 Å². The van der Waals surface area contributed by atoms with Crippen LogP contribution in [0.1, 0.15) is 32.6 Å². The molecule has 1 aromatic carbocycles. The van der Waals surface area contributed by atoms with Gasteiger partial charge in [0, 0.05) is 10.9 Å². The number of carbonyl (C=O) groups excluding carboxylic acids is 1.